The van der Waals surface area contributed by atoms with E-state index in [9.17, 15) is 0 Å². The van der Waals surface area contributed by atoms with Crippen LogP contribution in [0.2, 0.25) is 0 Å². The van der Waals surface area contributed by atoms with Crippen LogP contribution in [0.4, 0.5) is 0 Å². The van der Waals surface area contributed by atoms with E-state index in [0.29, 0.717) is 6.54 Å². The third-order valence-electron chi connectivity index (χ3n) is 3.05. The molecule has 0 heterocycles. The molecule has 2 aromatic carbocycles. The molecule has 0 saturated carbocycles. The van der Waals surface area contributed by atoms with E-state index in [1.54, 1.807) is 0 Å². The number of nitrogens with zero attached hydrogens (tertiary/aromatic N) is 1. The minimum absolute atomic E-state index is 0. The first-order valence-electron chi connectivity index (χ1n) is 6.63. The maximum Gasteiger partial charge on any atom is 0.185 e. The zero-order valence-corrected chi connectivity index (χ0v) is 13.5. The lowest BCUT2D eigenvalue weighted by Crippen LogP contribution is -2.28. The lowest BCUT2D eigenvalue weighted by Gasteiger charge is -2.17. The second-order valence-corrected chi connectivity index (χ2v) is 4.60. The SMILES string of the molecule is Br.NC(N)=NCC(NCc1ccccc1)c1ccccc1. The number of rotatable bonds is 6. The smallest absolute Gasteiger partial charge is 0.185 e. The molecule has 0 aromatic heterocycles. The van der Waals surface area contributed by atoms with Crippen molar-refractivity contribution in [3.8, 4) is 0 Å². The topological polar surface area (TPSA) is 76.4 Å². The van der Waals surface area contributed by atoms with Gasteiger partial charge in [-0.25, -0.2) is 0 Å². The van der Waals surface area contributed by atoms with Crippen LogP contribution in [-0.2, 0) is 6.54 Å². The maximum atomic E-state index is 5.43. The van der Waals surface area contributed by atoms with Gasteiger partial charge in [0.2, 0.25) is 0 Å². The number of hydrogen-bond donors (Lipinski definition) is 3. The van der Waals surface area contributed by atoms with Gasteiger partial charge in [0, 0.05) is 6.54 Å². The lowest BCUT2D eigenvalue weighted by atomic mass is 10.1. The normalized spacial score (nSPS) is 11.2. The third kappa shape index (κ3) is 5.97. The number of hydrogen-bond acceptors (Lipinski definition) is 2. The molecule has 0 bridgehead atoms. The Balaban J connectivity index is 0.00000220. The minimum Gasteiger partial charge on any atom is -0.370 e. The highest BCUT2D eigenvalue weighted by atomic mass is 79.9. The summed E-state index contributed by atoms with van der Waals surface area (Å²) >= 11 is 0. The Hall–Kier alpha value is -1.85. The van der Waals surface area contributed by atoms with E-state index < -0.39 is 0 Å². The van der Waals surface area contributed by atoms with E-state index in [-0.39, 0.29) is 29.0 Å². The van der Waals surface area contributed by atoms with Crippen molar-refractivity contribution in [1.29, 1.82) is 0 Å². The summed E-state index contributed by atoms with van der Waals surface area (Å²) in [6.45, 7) is 1.31. The summed E-state index contributed by atoms with van der Waals surface area (Å²) < 4.78 is 0. The van der Waals surface area contributed by atoms with Crippen molar-refractivity contribution in [2.24, 2.45) is 16.5 Å². The van der Waals surface area contributed by atoms with Gasteiger partial charge in [0.15, 0.2) is 5.96 Å². The average Bonchev–Trinajstić information content (AvgIpc) is 2.49. The summed E-state index contributed by atoms with van der Waals surface area (Å²) in [7, 11) is 0. The fraction of sp³-hybridized carbons (Fsp3) is 0.188. The largest absolute Gasteiger partial charge is 0.370 e. The van der Waals surface area contributed by atoms with Crippen LogP contribution in [0.1, 0.15) is 17.2 Å². The predicted molar refractivity (Wildman–Crippen MR) is 93.5 cm³/mol. The highest BCUT2D eigenvalue weighted by Gasteiger charge is 2.10. The molecule has 2 rings (SSSR count). The zero-order chi connectivity index (χ0) is 14.2. The zero-order valence-electron chi connectivity index (χ0n) is 11.8. The highest BCUT2D eigenvalue weighted by molar-refractivity contribution is 8.93. The van der Waals surface area contributed by atoms with Crippen LogP contribution in [0, 0.1) is 0 Å². The Morgan fingerprint density at radius 2 is 1.52 bits per heavy atom. The molecule has 2 aromatic rings. The van der Waals surface area contributed by atoms with Gasteiger partial charge < -0.3 is 16.8 Å². The first-order valence-corrected chi connectivity index (χ1v) is 6.63. The van der Waals surface area contributed by atoms with E-state index in [4.69, 9.17) is 11.5 Å². The minimum atomic E-state index is 0. The molecule has 0 aliphatic carbocycles. The van der Waals surface area contributed by atoms with Gasteiger partial charge in [-0.2, -0.15) is 0 Å². The van der Waals surface area contributed by atoms with Gasteiger partial charge in [-0.15, -0.1) is 17.0 Å². The van der Waals surface area contributed by atoms with E-state index in [1.165, 1.54) is 11.1 Å². The number of halogens is 1. The van der Waals surface area contributed by atoms with Crippen molar-refractivity contribution >= 4 is 22.9 Å². The van der Waals surface area contributed by atoms with Crippen LogP contribution < -0.4 is 16.8 Å². The number of aliphatic imine (C=N–C) groups is 1. The number of nitrogens with two attached hydrogens (primary N) is 2. The predicted octanol–water partition coefficient (Wildman–Crippen LogP) is 2.37. The van der Waals surface area contributed by atoms with Gasteiger partial charge in [-0.05, 0) is 11.1 Å². The molecule has 0 saturated heterocycles. The first kappa shape index (κ1) is 17.2. The molecule has 0 amide bonds. The van der Waals surface area contributed by atoms with E-state index in [2.05, 4.69) is 34.6 Å². The molecule has 0 aliphatic rings. The molecular formula is C16H21BrN4. The van der Waals surface area contributed by atoms with Crippen LogP contribution in [0.5, 0.6) is 0 Å². The number of benzene rings is 2. The van der Waals surface area contributed by atoms with Crippen molar-refractivity contribution in [1.82, 2.24) is 5.32 Å². The van der Waals surface area contributed by atoms with Gasteiger partial charge in [-0.3, -0.25) is 4.99 Å². The van der Waals surface area contributed by atoms with Crippen molar-refractivity contribution in [2.75, 3.05) is 6.54 Å². The first-order chi connectivity index (χ1) is 9.75. The van der Waals surface area contributed by atoms with E-state index in [1.807, 2.05) is 36.4 Å². The fourth-order valence-electron chi connectivity index (χ4n) is 2.01. The van der Waals surface area contributed by atoms with Crippen molar-refractivity contribution in [3.05, 3.63) is 71.8 Å². The molecule has 21 heavy (non-hydrogen) atoms. The van der Waals surface area contributed by atoms with Crippen molar-refractivity contribution < 1.29 is 0 Å². The molecule has 0 aliphatic heterocycles. The van der Waals surface area contributed by atoms with E-state index >= 15 is 0 Å². The van der Waals surface area contributed by atoms with Crippen LogP contribution in [0.3, 0.4) is 0 Å². The van der Waals surface area contributed by atoms with Gasteiger partial charge in [0.25, 0.3) is 0 Å². The molecule has 1 atom stereocenters. The molecule has 5 N–H and O–H groups in total. The molecule has 0 spiro atoms. The molecule has 5 heteroatoms. The summed E-state index contributed by atoms with van der Waals surface area (Å²) in [6.07, 6.45) is 0. The third-order valence-corrected chi connectivity index (χ3v) is 3.05. The van der Waals surface area contributed by atoms with Crippen LogP contribution in [0.15, 0.2) is 65.7 Å². The standard InChI is InChI=1S/C16H20N4.BrH/c17-16(18)20-12-15(14-9-5-2-6-10-14)19-11-13-7-3-1-4-8-13;/h1-10,15,19H,11-12H2,(H4,17,18,20);1H. The number of nitrogens with one attached hydrogen (secondary N) is 1. The Morgan fingerprint density at radius 3 is 2.10 bits per heavy atom. The Kier molecular flexibility index (Phi) is 7.50. The summed E-state index contributed by atoms with van der Waals surface area (Å²) in [4.78, 5) is 4.12. The quantitative estimate of drug-likeness (QED) is 0.554. The summed E-state index contributed by atoms with van der Waals surface area (Å²) in [6, 6.07) is 20.5. The molecular weight excluding hydrogens is 328 g/mol. The number of guanidine groups is 1. The van der Waals surface area contributed by atoms with Gasteiger partial charge in [0.05, 0.1) is 12.6 Å². The maximum absolute atomic E-state index is 5.43. The highest BCUT2D eigenvalue weighted by Crippen LogP contribution is 2.14. The van der Waals surface area contributed by atoms with Crippen LogP contribution in [0.25, 0.3) is 0 Å². The Bertz CT molecular complexity index is 539. The summed E-state index contributed by atoms with van der Waals surface area (Å²) in [5.41, 5.74) is 13.3. The molecule has 1 unspecified atom stereocenters. The Morgan fingerprint density at radius 1 is 0.952 bits per heavy atom. The van der Waals surface area contributed by atoms with Gasteiger partial charge in [-0.1, -0.05) is 60.7 Å². The monoisotopic (exact) mass is 348 g/mol. The fourth-order valence-corrected chi connectivity index (χ4v) is 2.01. The molecule has 0 fully saturated rings. The van der Waals surface area contributed by atoms with Crippen molar-refractivity contribution in [3.63, 3.8) is 0 Å². The van der Waals surface area contributed by atoms with E-state index in [0.717, 1.165) is 6.54 Å². The molecule has 0 radical (unpaired) electrons. The molecule has 4 nitrogen and oxygen atoms in total. The second-order valence-electron chi connectivity index (χ2n) is 4.60. The second kappa shape index (κ2) is 9.15. The average molecular weight is 349 g/mol. The van der Waals surface area contributed by atoms with Crippen LogP contribution in [-0.4, -0.2) is 12.5 Å². The van der Waals surface area contributed by atoms with Gasteiger partial charge in [0.1, 0.15) is 0 Å². The summed E-state index contributed by atoms with van der Waals surface area (Å²) in [5, 5.41) is 3.49. The Labute approximate surface area is 136 Å². The molecule has 112 valence electrons. The lowest BCUT2D eigenvalue weighted by molar-refractivity contribution is 0.542. The van der Waals surface area contributed by atoms with Crippen molar-refractivity contribution in [2.45, 2.75) is 12.6 Å². The summed E-state index contributed by atoms with van der Waals surface area (Å²) in [5.74, 6) is 0.118. The van der Waals surface area contributed by atoms with Gasteiger partial charge >= 0.3 is 0 Å². The van der Waals surface area contributed by atoms with Crippen LogP contribution >= 0.6 is 17.0 Å².